The van der Waals surface area contributed by atoms with Crippen LogP contribution in [-0.2, 0) is 6.42 Å². The fourth-order valence-corrected chi connectivity index (χ4v) is 4.13. The van der Waals surface area contributed by atoms with E-state index in [9.17, 15) is 4.79 Å². The molecule has 3 aromatic carbocycles. The van der Waals surface area contributed by atoms with E-state index in [0.29, 0.717) is 22.7 Å². The molecule has 1 atom stereocenters. The molecule has 1 N–H and O–H groups in total. The Balaban J connectivity index is 1.48. The predicted molar refractivity (Wildman–Crippen MR) is 130 cm³/mol. The summed E-state index contributed by atoms with van der Waals surface area (Å²) < 4.78 is 1.68. The molecule has 0 spiro atoms. The number of fused-ring (bicyclic) bond motifs is 1. The van der Waals surface area contributed by atoms with Crippen molar-refractivity contribution in [3.05, 3.63) is 125 Å². The molecule has 5 rings (SSSR count). The predicted octanol–water partition coefficient (Wildman–Crippen LogP) is 5.76. The highest BCUT2D eigenvalue weighted by molar-refractivity contribution is 6.30. The third kappa shape index (κ3) is 4.49. The van der Waals surface area contributed by atoms with Gasteiger partial charge in [-0.15, -0.1) is 0 Å². The zero-order chi connectivity index (χ0) is 22.6. The SMILES string of the molecule is O=C(NC(Cc1ccccc1)c1ccccc1)c1cnn2c(-c3cccc(Cl)c3)ccnc12. The van der Waals surface area contributed by atoms with E-state index in [0.717, 1.165) is 22.4 Å². The molecule has 0 aliphatic rings. The number of nitrogens with zero attached hydrogens (tertiary/aromatic N) is 3. The van der Waals surface area contributed by atoms with Gasteiger partial charge in [-0.3, -0.25) is 4.79 Å². The molecule has 0 saturated heterocycles. The van der Waals surface area contributed by atoms with Gasteiger partial charge in [0, 0.05) is 16.8 Å². The monoisotopic (exact) mass is 452 g/mol. The van der Waals surface area contributed by atoms with Crippen molar-refractivity contribution in [2.45, 2.75) is 12.5 Å². The summed E-state index contributed by atoms with van der Waals surface area (Å²) >= 11 is 6.17. The summed E-state index contributed by atoms with van der Waals surface area (Å²) in [7, 11) is 0. The summed E-state index contributed by atoms with van der Waals surface area (Å²) in [4.78, 5) is 17.8. The lowest BCUT2D eigenvalue weighted by atomic mass is 9.98. The average Bonchev–Trinajstić information content (AvgIpc) is 3.29. The number of hydrogen-bond acceptors (Lipinski definition) is 3. The summed E-state index contributed by atoms with van der Waals surface area (Å²) in [6.07, 6.45) is 3.93. The third-order valence-electron chi connectivity index (χ3n) is 5.56. The molecule has 2 aromatic heterocycles. The number of halogens is 1. The van der Waals surface area contributed by atoms with Crippen LogP contribution in [0.2, 0.25) is 5.02 Å². The van der Waals surface area contributed by atoms with Gasteiger partial charge in [-0.05, 0) is 35.7 Å². The number of aromatic nitrogens is 3. The standard InChI is InChI=1S/C27H21ClN4O/c28-22-13-7-12-21(17-22)25-14-15-29-26-23(18-30-32(25)26)27(33)31-24(20-10-5-2-6-11-20)16-19-8-3-1-4-9-19/h1-15,17-18,24H,16H2,(H,31,33). The van der Waals surface area contributed by atoms with Gasteiger partial charge in [0.15, 0.2) is 5.65 Å². The third-order valence-corrected chi connectivity index (χ3v) is 5.79. The van der Waals surface area contributed by atoms with E-state index in [1.165, 1.54) is 0 Å². The number of carbonyl (C=O) groups excluding carboxylic acids is 1. The van der Waals surface area contributed by atoms with E-state index < -0.39 is 0 Å². The van der Waals surface area contributed by atoms with Gasteiger partial charge in [-0.25, -0.2) is 9.50 Å². The molecule has 0 aliphatic carbocycles. The molecule has 0 radical (unpaired) electrons. The summed E-state index contributed by atoms with van der Waals surface area (Å²) in [6.45, 7) is 0. The maximum absolute atomic E-state index is 13.4. The second-order valence-electron chi connectivity index (χ2n) is 7.76. The van der Waals surface area contributed by atoms with Gasteiger partial charge in [0.05, 0.1) is 17.9 Å². The molecule has 1 unspecified atom stereocenters. The largest absolute Gasteiger partial charge is 0.345 e. The zero-order valence-electron chi connectivity index (χ0n) is 17.7. The Hall–Kier alpha value is -3.96. The molecule has 0 fully saturated rings. The zero-order valence-corrected chi connectivity index (χ0v) is 18.5. The molecule has 6 heteroatoms. The topological polar surface area (TPSA) is 59.3 Å². The Morgan fingerprint density at radius 2 is 1.70 bits per heavy atom. The Bertz CT molecular complexity index is 1400. The first-order valence-electron chi connectivity index (χ1n) is 10.7. The van der Waals surface area contributed by atoms with Crippen LogP contribution in [0.1, 0.15) is 27.5 Å². The van der Waals surface area contributed by atoms with Crippen molar-refractivity contribution in [3.8, 4) is 11.3 Å². The highest BCUT2D eigenvalue weighted by Gasteiger charge is 2.21. The van der Waals surface area contributed by atoms with Gasteiger partial charge < -0.3 is 5.32 Å². The molecule has 162 valence electrons. The van der Waals surface area contributed by atoms with E-state index >= 15 is 0 Å². The van der Waals surface area contributed by atoms with Crippen LogP contribution in [0.25, 0.3) is 16.9 Å². The number of benzene rings is 3. The molecular formula is C27H21ClN4O. The van der Waals surface area contributed by atoms with E-state index in [4.69, 9.17) is 11.6 Å². The van der Waals surface area contributed by atoms with Crippen molar-refractivity contribution in [2.24, 2.45) is 0 Å². The van der Waals surface area contributed by atoms with Crippen molar-refractivity contribution in [3.63, 3.8) is 0 Å². The normalized spacial score (nSPS) is 11.9. The average molecular weight is 453 g/mol. The van der Waals surface area contributed by atoms with Crippen LogP contribution in [0.15, 0.2) is 103 Å². The Morgan fingerprint density at radius 1 is 0.939 bits per heavy atom. The Kier molecular flexibility index (Phi) is 5.87. The first-order valence-corrected chi connectivity index (χ1v) is 11.1. The van der Waals surface area contributed by atoms with Gasteiger partial charge in [0.2, 0.25) is 0 Å². The lowest BCUT2D eigenvalue weighted by Crippen LogP contribution is -2.30. The lowest BCUT2D eigenvalue weighted by molar-refractivity contribution is 0.0938. The molecule has 33 heavy (non-hydrogen) atoms. The van der Waals surface area contributed by atoms with Crippen LogP contribution in [-0.4, -0.2) is 20.5 Å². The molecule has 5 nitrogen and oxygen atoms in total. The number of rotatable bonds is 6. The highest BCUT2D eigenvalue weighted by atomic mass is 35.5. The van der Waals surface area contributed by atoms with Crippen molar-refractivity contribution in [1.29, 1.82) is 0 Å². The van der Waals surface area contributed by atoms with Gasteiger partial charge in [-0.2, -0.15) is 5.10 Å². The molecule has 0 aliphatic heterocycles. The van der Waals surface area contributed by atoms with Gasteiger partial charge >= 0.3 is 0 Å². The van der Waals surface area contributed by atoms with Gasteiger partial charge in [0.1, 0.15) is 5.56 Å². The molecule has 0 saturated carbocycles. The van der Waals surface area contributed by atoms with E-state index in [2.05, 4.69) is 27.5 Å². The van der Waals surface area contributed by atoms with Crippen molar-refractivity contribution < 1.29 is 4.79 Å². The van der Waals surface area contributed by atoms with Crippen LogP contribution in [0.5, 0.6) is 0 Å². The maximum atomic E-state index is 13.4. The first-order chi connectivity index (χ1) is 16.2. The molecule has 5 aromatic rings. The van der Waals surface area contributed by atoms with Crippen LogP contribution < -0.4 is 5.32 Å². The highest BCUT2D eigenvalue weighted by Crippen LogP contribution is 2.25. The summed E-state index contributed by atoms with van der Waals surface area (Å²) in [5.41, 5.74) is 4.82. The minimum absolute atomic E-state index is 0.188. The Labute approximate surface area is 196 Å². The minimum Gasteiger partial charge on any atom is -0.345 e. The van der Waals surface area contributed by atoms with E-state index in [1.54, 1.807) is 16.9 Å². The van der Waals surface area contributed by atoms with Gasteiger partial charge in [0.25, 0.3) is 5.91 Å². The fraction of sp³-hybridized carbons (Fsp3) is 0.0741. The van der Waals surface area contributed by atoms with Crippen LogP contribution >= 0.6 is 11.6 Å². The number of hydrogen-bond donors (Lipinski definition) is 1. The van der Waals surface area contributed by atoms with Crippen LogP contribution in [0.4, 0.5) is 0 Å². The molecule has 1 amide bonds. The second-order valence-corrected chi connectivity index (χ2v) is 8.20. The second kappa shape index (κ2) is 9.27. The minimum atomic E-state index is -0.217. The molecule has 0 bridgehead atoms. The lowest BCUT2D eigenvalue weighted by Gasteiger charge is -2.19. The Morgan fingerprint density at radius 3 is 2.45 bits per heavy atom. The van der Waals surface area contributed by atoms with Crippen molar-refractivity contribution in [2.75, 3.05) is 0 Å². The maximum Gasteiger partial charge on any atom is 0.257 e. The number of nitrogens with one attached hydrogen (secondary N) is 1. The van der Waals surface area contributed by atoms with E-state index in [1.807, 2.05) is 78.9 Å². The van der Waals surface area contributed by atoms with Crippen LogP contribution in [0, 0.1) is 0 Å². The fourth-order valence-electron chi connectivity index (χ4n) is 3.94. The quantitative estimate of drug-likeness (QED) is 0.356. The summed E-state index contributed by atoms with van der Waals surface area (Å²) in [6, 6.07) is 29.3. The van der Waals surface area contributed by atoms with E-state index in [-0.39, 0.29) is 11.9 Å². The number of amides is 1. The summed E-state index contributed by atoms with van der Waals surface area (Å²) in [5.74, 6) is -0.217. The smallest absolute Gasteiger partial charge is 0.257 e. The number of carbonyl (C=O) groups is 1. The molecule has 2 heterocycles. The van der Waals surface area contributed by atoms with Crippen molar-refractivity contribution in [1.82, 2.24) is 19.9 Å². The first kappa shape index (κ1) is 20.9. The van der Waals surface area contributed by atoms with Gasteiger partial charge in [-0.1, -0.05) is 84.4 Å². The van der Waals surface area contributed by atoms with Crippen LogP contribution in [0.3, 0.4) is 0 Å². The summed E-state index contributed by atoms with van der Waals surface area (Å²) in [5, 5.41) is 8.28. The van der Waals surface area contributed by atoms with Crippen molar-refractivity contribution >= 4 is 23.2 Å². The molecular weight excluding hydrogens is 432 g/mol.